The number of aromatic nitrogens is 1. The summed E-state index contributed by atoms with van der Waals surface area (Å²) in [5.41, 5.74) is 0.0295. The lowest BCUT2D eigenvalue weighted by Crippen LogP contribution is -2.54. The molecule has 16 heteroatoms. The molecule has 3 N–H and O–H groups in total. The molecule has 3 aromatic carbocycles. The van der Waals surface area contributed by atoms with Crippen molar-refractivity contribution in [3.8, 4) is 17.3 Å². The lowest BCUT2D eigenvalue weighted by Gasteiger charge is -2.38. The molecule has 51 heavy (non-hydrogen) atoms. The van der Waals surface area contributed by atoms with Crippen LogP contribution in [0, 0.1) is 23.0 Å². The molecule has 0 saturated carbocycles. The third kappa shape index (κ3) is 8.80. The van der Waals surface area contributed by atoms with E-state index in [1.54, 1.807) is 61.8 Å². The first-order valence-corrected chi connectivity index (χ1v) is 16.8. The summed E-state index contributed by atoms with van der Waals surface area (Å²) >= 11 is 7.54. The molecule has 2 heterocycles. The van der Waals surface area contributed by atoms with Gasteiger partial charge in [0.05, 0.1) is 34.6 Å². The van der Waals surface area contributed by atoms with Crippen LogP contribution in [0.2, 0.25) is 5.02 Å². The van der Waals surface area contributed by atoms with E-state index in [1.807, 2.05) is 0 Å². The predicted molar refractivity (Wildman–Crippen MR) is 188 cm³/mol. The second kappa shape index (κ2) is 16.3. The molecule has 0 radical (unpaired) electrons. The zero-order valence-electron chi connectivity index (χ0n) is 27.5. The average molecular weight is 737 g/mol. The molecule has 0 fully saturated rings. The van der Waals surface area contributed by atoms with E-state index in [-0.39, 0.29) is 49.1 Å². The molecule has 1 amide bonds. The number of anilines is 1. The summed E-state index contributed by atoms with van der Waals surface area (Å²) in [5, 5.41) is 33.8. The number of rotatable bonds is 14. The minimum Gasteiger partial charge on any atom is -0.460 e. The van der Waals surface area contributed by atoms with Crippen molar-refractivity contribution in [2.75, 3.05) is 38.6 Å². The van der Waals surface area contributed by atoms with Gasteiger partial charge in [0.25, 0.3) is 0 Å². The molecule has 5 rings (SSSR count). The van der Waals surface area contributed by atoms with E-state index in [0.29, 0.717) is 21.8 Å². The van der Waals surface area contributed by atoms with Gasteiger partial charge in [-0.05, 0) is 49.5 Å². The van der Waals surface area contributed by atoms with Crippen LogP contribution < -0.4 is 10.6 Å². The molecular weight excluding hydrogens is 704 g/mol. The molecule has 264 valence electrons. The van der Waals surface area contributed by atoms with E-state index < -0.39 is 39.8 Å². The zero-order chi connectivity index (χ0) is 36.6. The van der Waals surface area contributed by atoms with Crippen LogP contribution in [0.15, 0.2) is 76.1 Å². The molecular formula is C35H33ClF2N7O5S+. The monoisotopic (exact) mass is 736 g/mol. The fourth-order valence-corrected chi connectivity index (χ4v) is 6.65. The number of ether oxygens (including phenoxy) is 2. The smallest absolute Gasteiger partial charge is 0.411 e. The number of hydrogen-bond donors (Lipinski definition) is 3. The van der Waals surface area contributed by atoms with Crippen molar-refractivity contribution in [3.05, 3.63) is 104 Å². The third-order valence-corrected chi connectivity index (χ3v) is 9.61. The fourth-order valence-electron chi connectivity index (χ4n) is 5.45. The van der Waals surface area contributed by atoms with Gasteiger partial charge in [-0.15, -0.1) is 15.9 Å². The number of amides is 1. The summed E-state index contributed by atoms with van der Waals surface area (Å²) in [6.07, 6.45) is 1.82. The molecule has 1 aliphatic heterocycles. The highest BCUT2D eigenvalue weighted by molar-refractivity contribution is 7.10. The fraction of sp³-hybridized carbons (Fsp3) is 0.257. The van der Waals surface area contributed by atoms with E-state index in [2.05, 4.69) is 26.8 Å². The largest absolute Gasteiger partial charge is 0.460 e. The Morgan fingerprint density at radius 3 is 2.65 bits per heavy atom. The summed E-state index contributed by atoms with van der Waals surface area (Å²) in [6, 6.07) is 16.5. The van der Waals surface area contributed by atoms with Crippen molar-refractivity contribution in [2.24, 2.45) is 10.1 Å². The summed E-state index contributed by atoms with van der Waals surface area (Å²) < 4.78 is 40.3. The van der Waals surface area contributed by atoms with Gasteiger partial charge in [-0.3, -0.25) is 10.1 Å². The maximum absolute atomic E-state index is 15.5. The molecule has 12 nitrogen and oxygen atoms in total. The summed E-state index contributed by atoms with van der Waals surface area (Å²) in [6.45, 7) is 0.840. The maximum Gasteiger partial charge on any atom is 0.411 e. The van der Waals surface area contributed by atoms with Crippen LogP contribution in [0.25, 0.3) is 11.3 Å². The van der Waals surface area contributed by atoms with E-state index in [4.69, 9.17) is 31.3 Å². The number of quaternary nitrogens is 1. The number of hydrogen-bond acceptors (Lipinski definition) is 11. The van der Waals surface area contributed by atoms with Crippen LogP contribution in [0.5, 0.6) is 0 Å². The van der Waals surface area contributed by atoms with Gasteiger partial charge in [0.15, 0.2) is 11.9 Å². The third-order valence-electron chi connectivity index (χ3n) is 8.22. The van der Waals surface area contributed by atoms with E-state index >= 15 is 4.39 Å². The first kappa shape index (κ1) is 37.2. The summed E-state index contributed by atoms with van der Waals surface area (Å²) in [4.78, 5) is 33.6. The number of nitriles is 1. The molecule has 0 bridgehead atoms. The number of carbonyl (C=O) groups excluding carboxylic acids is 2. The zero-order valence-corrected chi connectivity index (χ0v) is 29.0. The number of benzene rings is 3. The number of likely N-dealkylation sites (N-methyl/N-ethyl adjacent to an activating group) is 1. The average Bonchev–Trinajstić information content (AvgIpc) is 3.79. The minimum atomic E-state index is -2.09. The summed E-state index contributed by atoms with van der Waals surface area (Å²) in [7, 11) is 1.60. The van der Waals surface area contributed by atoms with Gasteiger partial charge >= 0.3 is 12.1 Å². The van der Waals surface area contributed by atoms with Crippen molar-refractivity contribution >= 4 is 53.4 Å². The van der Waals surface area contributed by atoms with Gasteiger partial charge in [-0.25, -0.2) is 18.6 Å². The molecule has 0 aliphatic carbocycles. The molecule has 3 atom stereocenters. The standard InChI is InChI=1S/C35H32ClF2N7O5S/c1-22(33-43-31(18-51-33)24-8-6-23(15-39)7-9-24)35(48,27-14-25(37)10-11-29(27)38)19-45(21-41-20-42-45)12-13-49-34(47)44-30-5-3-4-28(36)26(30)17-50-32(46)16-40-2/h3-11,14,18,20-22,40,48H,12-13,16-17,19H2,1-2H3/p+1/t22-,35+,45?/m0/s1. The SMILES string of the molecule is CNCC(=O)OCc1c(Cl)cccc1NC(=O)OCC[N+]1(C[C@](O)(c2cc(F)ccc2F)[C@@H](C)c2nc(-c3ccc(C#N)cc3)cs2)C=NC=N1. The molecule has 1 aliphatic rings. The lowest BCUT2D eigenvalue weighted by molar-refractivity contribution is -0.848. The van der Waals surface area contributed by atoms with Crippen LogP contribution in [0.1, 0.15) is 34.5 Å². The van der Waals surface area contributed by atoms with Gasteiger partial charge in [-0.2, -0.15) is 10.3 Å². The lowest BCUT2D eigenvalue weighted by atomic mass is 9.81. The van der Waals surface area contributed by atoms with Gasteiger partial charge in [-0.1, -0.05) is 41.8 Å². The van der Waals surface area contributed by atoms with Crippen molar-refractivity contribution in [3.63, 3.8) is 0 Å². The topological polar surface area (TPSA) is 158 Å². The van der Waals surface area contributed by atoms with Crippen LogP contribution in [-0.4, -0.2) is 72.7 Å². The van der Waals surface area contributed by atoms with E-state index in [9.17, 15) is 19.1 Å². The number of esters is 1. The number of nitrogens with zero attached hydrogens (tertiary/aromatic N) is 5. The Labute approximate surface area is 301 Å². The minimum absolute atomic E-state index is 0.00965. The Morgan fingerprint density at radius 1 is 1.16 bits per heavy atom. The number of aliphatic imine (C=N–C) groups is 1. The Morgan fingerprint density at radius 2 is 1.94 bits per heavy atom. The van der Waals surface area contributed by atoms with E-state index in [1.165, 1.54) is 24.0 Å². The van der Waals surface area contributed by atoms with Crippen molar-refractivity contribution < 1.29 is 37.5 Å². The van der Waals surface area contributed by atoms with Gasteiger partial charge in [0.2, 0.25) is 6.34 Å². The number of thiazole rings is 1. The predicted octanol–water partition coefficient (Wildman–Crippen LogP) is 5.92. The second-order valence-electron chi connectivity index (χ2n) is 11.6. The van der Waals surface area contributed by atoms with Crippen LogP contribution >= 0.6 is 22.9 Å². The molecule has 0 saturated heterocycles. The van der Waals surface area contributed by atoms with E-state index in [0.717, 1.165) is 23.8 Å². The second-order valence-corrected chi connectivity index (χ2v) is 12.9. The Kier molecular flexibility index (Phi) is 11.9. The van der Waals surface area contributed by atoms with Gasteiger partial charge < -0.3 is 19.9 Å². The number of nitrogens with one attached hydrogen (secondary N) is 2. The Balaban J connectivity index is 1.35. The number of aliphatic hydroxyl groups is 1. The van der Waals surface area contributed by atoms with Crippen molar-refractivity contribution in [2.45, 2.75) is 25.0 Å². The highest BCUT2D eigenvalue weighted by Gasteiger charge is 2.49. The molecule has 0 spiro atoms. The number of halogens is 3. The quantitative estimate of drug-likeness (QED) is 0.106. The highest BCUT2D eigenvalue weighted by Crippen LogP contribution is 2.42. The first-order valence-electron chi connectivity index (χ1n) is 15.6. The summed E-state index contributed by atoms with van der Waals surface area (Å²) in [5.74, 6) is -2.99. The van der Waals surface area contributed by atoms with Crippen molar-refractivity contribution in [1.82, 2.24) is 10.3 Å². The van der Waals surface area contributed by atoms with Crippen LogP contribution in [0.4, 0.5) is 19.3 Å². The van der Waals surface area contributed by atoms with Gasteiger partial charge in [0.1, 0.15) is 37.9 Å². The highest BCUT2D eigenvalue weighted by atomic mass is 35.5. The molecule has 4 aromatic rings. The Hall–Kier alpha value is -5.11. The van der Waals surface area contributed by atoms with Gasteiger partial charge in [0, 0.05) is 33.0 Å². The molecule has 1 unspecified atom stereocenters. The Bertz CT molecular complexity index is 1990. The normalized spacial score (nSPS) is 16.6. The van der Waals surface area contributed by atoms with Crippen LogP contribution in [-0.2, 0) is 26.5 Å². The maximum atomic E-state index is 15.5. The van der Waals surface area contributed by atoms with Crippen molar-refractivity contribution in [1.29, 1.82) is 5.26 Å². The number of carbonyl (C=O) groups is 2. The van der Waals surface area contributed by atoms with Crippen LogP contribution in [0.3, 0.4) is 0 Å². The first-order chi connectivity index (χ1) is 24.5. The molecule has 1 aromatic heterocycles.